The van der Waals surface area contributed by atoms with Crippen LogP contribution >= 0.6 is 0 Å². The van der Waals surface area contributed by atoms with E-state index < -0.39 is 0 Å². The molecular formula is C18H17N. The molecule has 0 fully saturated rings. The summed E-state index contributed by atoms with van der Waals surface area (Å²) in [6, 6.07) is 21.1. The van der Waals surface area contributed by atoms with Crippen molar-refractivity contribution < 1.29 is 0 Å². The Morgan fingerprint density at radius 1 is 0.789 bits per heavy atom. The van der Waals surface area contributed by atoms with Crippen LogP contribution in [0.25, 0.3) is 22.4 Å². The molecule has 0 spiro atoms. The van der Waals surface area contributed by atoms with Crippen LogP contribution in [0, 0.1) is 0 Å². The molecule has 3 aromatic rings. The van der Waals surface area contributed by atoms with E-state index in [1.807, 2.05) is 0 Å². The minimum atomic E-state index is 1.04. The van der Waals surface area contributed by atoms with E-state index in [-0.39, 0.29) is 0 Å². The summed E-state index contributed by atoms with van der Waals surface area (Å²) in [4.78, 5) is 3.44. The van der Waals surface area contributed by atoms with Crippen LogP contribution in [-0.2, 0) is 6.42 Å². The van der Waals surface area contributed by atoms with Crippen LogP contribution < -0.4 is 0 Å². The molecule has 1 N–H and O–H groups in total. The molecule has 0 bridgehead atoms. The number of H-pyrrole nitrogens is 1. The molecule has 0 radical (unpaired) electrons. The van der Waals surface area contributed by atoms with Gasteiger partial charge in [0.25, 0.3) is 0 Å². The molecule has 0 aliphatic rings. The Morgan fingerprint density at radius 2 is 1.37 bits per heavy atom. The number of aromatic nitrogens is 1. The fourth-order valence-corrected chi connectivity index (χ4v) is 2.51. The largest absolute Gasteiger partial charge is 0.360 e. The van der Waals surface area contributed by atoms with Gasteiger partial charge >= 0.3 is 0 Å². The summed E-state index contributed by atoms with van der Waals surface area (Å²) in [5, 5.41) is 0. The molecule has 0 saturated carbocycles. The standard InChI is InChI=1S/C18H17N/c1-2-14-13-19-18(16-11-7-4-8-12-16)17(14)15-9-5-3-6-10-15/h3-13,19H,2H2,1H3. The second-order valence-corrected chi connectivity index (χ2v) is 4.65. The van der Waals surface area contributed by atoms with Gasteiger partial charge in [-0.15, -0.1) is 0 Å². The summed E-state index contributed by atoms with van der Waals surface area (Å²) in [5.41, 5.74) is 6.42. The molecule has 1 nitrogen and oxygen atoms in total. The first-order valence-electron chi connectivity index (χ1n) is 6.71. The maximum absolute atomic E-state index is 3.44. The van der Waals surface area contributed by atoms with Crippen molar-refractivity contribution in [3.8, 4) is 22.4 Å². The lowest BCUT2D eigenvalue weighted by atomic mass is 9.97. The summed E-state index contributed by atoms with van der Waals surface area (Å²) in [7, 11) is 0. The number of hydrogen-bond acceptors (Lipinski definition) is 0. The van der Waals surface area contributed by atoms with Gasteiger partial charge in [0.15, 0.2) is 0 Å². The molecule has 1 heteroatoms. The highest BCUT2D eigenvalue weighted by atomic mass is 14.7. The fourth-order valence-electron chi connectivity index (χ4n) is 2.51. The second-order valence-electron chi connectivity index (χ2n) is 4.65. The zero-order chi connectivity index (χ0) is 13.1. The first-order valence-corrected chi connectivity index (χ1v) is 6.71. The topological polar surface area (TPSA) is 15.8 Å². The molecular weight excluding hydrogens is 230 g/mol. The quantitative estimate of drug-likeness (QED) is 0.676. The Kier molecular flexibility index (Phi) is 3.20. The molecule has 0 saturated heterocycles. The fraction of sp³-hybridized carbons (Fsp3) is 0.111. The minimum Gasteiger partial charge on any atom is -0.360 e. The maximum atomic E-state index is 3.44. The van der Waals surface area contributed by atoms with Gasteiger partial charge in [-0.1, -0.05) is 67.6 Å². The molecule has 0 amide bonds. The molecule has 2 aromatic carbocycles. The number of aryl methyl sites for hydroxylation is 1. The summed E-state index contributed by atoms with van der Waals surface area (Å²) < 4.78 is 0. The van der Waals surface area contributed by atoms with Crippen molar-refractivity contribution in [3.63, 3.8) is 0 Å². The molecule has 94 valence electrons. The van der Waals surface area contributed by atoms with Crippen molar-refractivity contribution in [2.24, 2.45) is 0 Å². The number of nitrogens with one attached hydrogen (secondary N) is 1. The van der Waals surface area contributed by atoms with E-state index in [2.05, 4.69) is 78.8 Å². The van der Waals surface area contributed by atoms with Gasteiger partial charge in [-0.25, -0.2) is 0 Å². The number of rotatable bonds is 3. The second kappa shape index (κ2) is 5.15. The Morgan fingerprint density at radius 3 is 1.95 bits per heavy atom. The van der Waals surface area contributed by atoms with Crippen LogP contribution in [0.5, 0.6) is 0 Å². The molecule has 0 aliphatic heterocycles. The summed E-state index contributed by atoms with van der Waals surface area (Å²) in [5.74, 6) is 0. The third kappa shape index (κ3) is 2.19. The Labute approximate surface area is 113 Å². The van der Waals surface area contributed by atoms with Crippen molar-refractivity contribution in [3.05, 3.63) is 72.4 Å². The highest BCUT2D eigenvalue weighted by Crippen LogP contribution is 2.34. The van der Waals surface area contributed by atoms with Crippen molar-refractivity contribution in [2.75, 3.05) is 0 Å². The zero-order valence-corrected chi connectivity index (χ0v) is 11.1. The molecule has 0 unspecified atom stereocenters. The average molecular weight is 247 g/mol. The molecule has 0 aliphatic carbocycles. The lowest BCUT2D eigenvalue weighted by molar-refractivity contribution is 1.15. The first kappa shape index (κ1) is 11.8. The van der Waals surface area contributed by atoms with Crippen LogP contribution in [0.4, 0.5) is 0 Å². The Bertz CT molecular complexity index is 651. The van der Waals surface area contributed by atoms with Gasteiger partial charge < -0.3 is 4.98 Å². The summed E-state index contributed by atoms with van der Waals surface area (Å²) >= 11 is 0. The molecule has 3 rings (SSSR count). The third-order valence-electron chi connectivity index (χ3n) is 3.47. The number of aromatic amines is 1. The van der Waals surface area contributed by atoms with Crippen LogP contribution in [0.15, 0.2) is 66.9 Å². The van der Waals surface area contributed by atoms with Crippen LogP contribution in [0.2, 0.25) is 0 Å². The molecule has 19 heavy (non-hydrogen) atoms. The average Bonchev–Trinajstić information content (AvgIpc) is 2.93. The normalized spacial score (nSPS) is 10.6. The van der Waals surface area contributed by atoms with Crippen molar-refractivity contribution in [2.45, 2.75) is 13.3 Å². The molecule has 1 aromatic heterocycles. The Balaban J connectivity index is 2.20. The lowest BCUT2D eigenvalue weighted by Gasteiger charge is -2.07. The third-order valence-corrected chi connectivity index (χ3v) is 3.47. The number of benzene rings is 2. The van der Waals surface area contributed by atoms with Gasteiger partial charge in [-0.2, -0.15) is 0 Å². The highest BCUT2D eigenvalue weighted by Gasteiger charge is 2.13. The lowest BCUT2D eigenvalue weighted by Crippen LogP contribution is -1.85. The van der Waals surface area contributed by atoms with Gasteiger partial charge in [0.05, 0.1) is 5.69 Å². The van der Waals surface area contributed by atoms with Crippen LogP contribution in [-0.4, -0.2) is 4.98 Å². The van der Waals surface area contributed by atoms with E-state index in [0.29, 0.717) is 0 Å². The smallest absolute Gasteiger partial charge is 0.0536 e. The van der Waals surface area contributed by atoms with Crippen LogP contribution in [0.1, 0.15) is 12.5 Å². The highest BCUT2D eigenvalue weighted by molar-refractivity contribution is 5.83. The van der Waals surface area contributed by atoms with Crippen molar-refractivity contribution in [1.29, 1.82) is 0 Å². The maximum Gasteiger partial charge on any atom is 0.0536 e. The molecule has 1 heterocycles. The van der Waals surface area contributed by atoms with Gasteiger partial charge in [-0.3, -0.25) is 0 Å². The SMILES string of the molecule is CCc1c[nH]c(-c2ccccc2)c1-c1ccccc1. The van der Waals surface area contributed by atoms with E-state index in [0.717, 1.165) is 6.42 Å². The predicted octanol–water partition coefficient (Wildman–Crippen LogP) is 4.91. The summed E-state index contributed by atoms with van der Waals surface area (Å²) in [6.45, 7) is 2.20. The van der Waals surface area contributed by atoms with E-state index >= 15 is 0 Å². The van der Waals surface area contributed by atoms with E-state index in [4.69, 9.17) is 0 Å². The van der Waals surface area contributed by atoms with Gasteiger partial charge in [0.1, 0.15) is 0 Å². The van der Waals surface area contributed by atoms with Crippen LogP contribution in [0.3, 0.4) is 0 Å². The van der Waals surface area contributed by atoms with Crippen molar-refractivity contribution >= 4 is 0 Å². The van der Waals surface area contributed by atoms with Gasteiger partial charge in [0.2, 0.25) is 0 Å². The number of hydrogen-bond donors (Lipinski definition) is 1. The predicted molar refractivity (Wildman–Crippen MR) is 81.0 cm³/mol. The monoisotopic (exact) mass is 247 g/mol. The van der Waals surface area contributed by atoms with E-state index in [1.165, 1.54) is 27.9 Å². The summed E-state index contributed by atoms with van der Waals surface area (Å²) in [6.07, 6.45) is 3.16. The van der Waals surface area contributed by atoms with E-state index in [1.54, 1.807) is 0 Å². The van der Waals surface area contributed by atoms with Gasteiger partial charge in [-0.05, 0) is 23.1 Å². The minimum absolute atomic E-state index is 1.04. The van der Waals surface area contributed by atoms with Crippen molar-refractivity contribution in [1.82, 2.24) is 4.98 Å². The Hall–Kier alpha value is -2.28. The first-order chi connectivity index (χ1) is 9.40. The molecule has 0 atom stereocenters. The zero-order valence-electron chi connectivity index (χ0n) is 11.1. The van der Waals surface area contributed by atoms with E-state index in [9.17, 15) is 0 Å². The van der Waals surface area contributed by atoms with Gasteiger partial charge in [0, 0.05) is 11.8 Å².